The van der Waals surface area contributed by atoms with Crippen molar-refractivity contribution in [3.8, 4) is 0 Å². The van der Waals surface area contributed by atoms with E-state index < -0.39 is 0 Å². The summed E-state index contributed by atoms with van der Waals surface area (Å²) in [6.45, 7) is 9.81. The van der Waals surface area contributed by atoms with E-state index in [0.717, 1.165) is 16.8 Å². The SMILES string of the molecule is CC(=O)N(CC(=O)Nc1cccc(Cl)c1)c1c(C(C)C)cccc1C(C)C. The lowest BCUT2D eigenvalue weighted by atomic mass is 9.91. The molecule has 144 valence electrons. The van der Waals surface area contributed by atoms with E-state index >= 15 is 0 Å². The third-order valence-corrected chi connectivity index (χ3v) is 4.64. The van der Waals surface area contributed by atoms with Crippen molar-refractivity contribution in [1.82, 2.24) is 0 Å². The highest BCUT2D eigenvalue weighted by Crippen LogP contribution is 2.35. The molecule has 0 atom stereocenters. The number of hydrogen-bond acceptors (Lipinski definition) is 2. The summed E-state index contributed by atoms with van der Waals surface area (Å²) in [6, 6.07) is 13.0. The van der Waals surface area contributed by atoms with Crippen LogP contribution in [0.25, 0.3) is 0 Å². The molecule has 2 rings (SSSR count). The van der Waals surface area contributed by atoms with Gasteiger partial charge in [0.1, 0.15) is 6.54 Å². The largest absolute Gasteiger partial charge is 0.324 e. The maximum absolute atomic E-state index is 12.6. The Bertz CT molecular complexity index is 805. The van der Waals surface area contributed by atoms with Crippen LogP contribution in [0, 0.1) is 0 Å². The molecular weight excluding hydrogens is 360 g/mol. The second-order valence-electron chi connectivity index (χ2n) is 7.26. The minimum absolute atomic E-state index is 0.0503. The quantitative estimate of drug-likeness (QED) is 0.704. The van der Waals surface area contributed by atoms with E-state index in [1.807, 2.05) is 18.2 Å². The zero-order chi connectivity index (χ0) is 20.1. The molecule has 1 N–H and O–H groups in total. The third-order valence-electron chi connectivity index (χ3n) is 4.40. The molecule has 2 aromatic rings. The first-order valence-corrected chi connectivity index (χ1v) is 9.54. The van der Waals surface area contributed by atoms with Gasteiger partial charge in [-0.25, -0.2) is 0 Å². The van der Waals surface area contributed by atoms with Gasteiger partial charge in [0, 0.05) is 17.6 Å². The summed E-state index contributed by atoms with van der Waals surface area (Å²) in [6.07, 6.45) is 0. The van der Waals surface area contributed by atoms with Crippen molar-refractivity contribution in [2.24, 2.45) is 0 Å². The lowest BCUT2D eigenvalue weighted by Crippen LogP contribution is -2.38. The summed E-state index contributed by atoms with van der Waals surface area (Å²) in [5.74, 6) is 0.0417. The molecule has 0 aromatic heterocycles. The molecule has 27 heavy (non-hydrogen) atoms. The van der Waals surface area contributed by atoms with E-state index in [9.17, 15) is 9.59 Å². The zero-order valence-corrected chi connectivity index (χ0v) is 17.3. The van der Waals surface area contributed by atoms with Gasteiger partial charge in [0.15, 0.2) is 0 Å². The highest BCUT2D eigenvalue weighted by molar-refractivity contribution is 6.30. The second-order valence-corrected chi connectivity index (χ2v) is 7.69. The molecule has 4 nitrogen and oxygen atoms in total. The first-order valence-electron chi connectivity index (χ1n) is 9.17. The molecule has 0 saturated carbocycles. The highest BCUT2D eigenvalue weighted by atomic mass is 35.5. The van der Waals surface area contributed by atoms with E-state index in [1.165, 1.54) is 6.92 Å². The van der Waals surface area contributed by atoms with Crippen LogP contribution >= 0.6 is 11.6 Å². The first kappa shape index (κ1) is 21.0. The molecule has 5 heteroatoms. The van der Waals surface area contributed by atoms with Gasteiger partial charge in [-0.05, 0) is 41.2 Å². The van der Waals surface area contributed by atoms with Gasteiger partial charge in [-0.2, -0.15) is 0 Å². The van der Waals surface area contributed by atoms with E-state index in [4.69, 9.17) is 11.6 Å². The molecule has 0 bridgehead atoms. The van der Waals surface area contributed by atoms with Crippen molar-refractivity contribution in [2.75, 3.05) is 16.8 Å². The topological polar surface area (TPSA) is 49.4 Å². The molecule has 0 aliphatic rings. The van der Waals surface area contributed by atoms with E-state index in [0.29, 0.717) is 10.7 Å². The standard InChI is InChI=1S/C22H27ClN2O2/c1-14(2)19-10-7-11-20(15(3)4)22(19)25(16(5)26)13-21(27)24-18-9-6-8-17(23)12-18/h6-12,14-15H,13H2,1-5H3,(H,24,27). The fourth-order valence-electron chi connectivity index (χ4n) is 3.08. The molecule has 0 heterocycles. The molecule has 0 unspecified atom stereocenters. The van der Waals surface area contributed by atoms with Crippen LogP contribution < -0.4 is 10.2 Å². The number of nitrogens with one attached hydrogen (secondary N) is 1. The summed E-state index contributed by atoms with van der Waals surface area (Å²) in [4.78, 5) is 26.7. The van der Waals surface area contributed by atoms with Gasteiger partial charge in [-0.15, -0.1) is 0 Å². The predicted octanol–water partition coefficient (Wildman–Crippen LogP) is 5.58. The number of halogens is 1. The second kappa shape index (κ2) is 9.05. The van der Waals surface area contributed by atoms with Crippen LogP contribution in [0.2, 0.25) is 5.02 Å². The fourth-order valence-corrected chi connectivity index (χ4v) is 3.27. The number of carbonyl (C=O) groups excluding carboxylic acids is 2. The predicted molar refractivity (Wildman–Crippen MR) is 113 cm³/mol. The van der Waals surface area contributed by atoms with Crippen LogP contribution in [0.5, 0.6) is 0 Å². The average Bonchev–Trinajstić information content (AvgIpc) is 2.58. The molecule has 2 amide bonds. The molecule has 0 radical (unpaired) electrons. The molecule has 0 aliphatic carbocycles. The smallest absolute Gasteiger partial charge is 0.244 e. The Morgan fingerprint density at radius 1 is 1.00 bits per heavy atom. The molecule has 0 saturated heterocycles. The molecule has 0 spiro atoms. The van der Waals surface area contributed by atoms with Crippen molar-refractivity contribution in [3.63, 3.8) is 0 Å². The fraction of sp³-hybridized carbons (Fsp3) is 0.364. The van der Waals surface area contributed by atoms with Crippen molar-refractivity contribution in [3.05, 3.63) is 58.6 Å². The number of rotatable bonds is 6. The van der Waals surface area contributed by atoms with Crippen LogP contribution in [0.1, 0.15) is 57.6 Å². The Labute approximate surface area is 166 Å². The van der Waals surface area contributed by atoms with Gasteiger partial charge in [0.05, 0.1) is 5.69 Å². The summed E-state index contributed by atoms with van der Waals surface area (Å²) in [5, 5.41) is 3.36. The van der Waals surface area contributed by atoms with Gasteiger partial charge in [-0.3, -0.25) is 9.59 Å². The van der Waals surface area contributed by atoms with Crippen LogP contribution in [0.3, 0.4) is 0 Å². The lowest BCUT2D eigenvalue weighted by Gasteiger charge is -2.29. The number of nitrogens with zero attached hydrogens (tertiary/aromatic N) is 1. The molecule has 0 fully saturated rings. The Balaban J connectivity index is 2.37. The summed E-state index contributed by atoms with van der Waals surface area (Å²) >= 11 is 5.98. The van der Waals surface area contributed by atoms with Crippen molar-refractivity contribution in [1.29, 1.82) is 0 Å². The van der Waals surface area contributed by atoms with Crippen LogP contribution in [0.15, 0.2) is 42.5 Å². The number of hydrogen-bond donors (Lipinski definition) is 1. The Hall–Kier alpha value is -2.33. The summed E-state index contributed by atoms with van der Waals surface area (Å²) in [7, 11) is 0. The van der Waals surface area contributed by atoms with Crippen molar-refractivity contribution >= 4 is 34.8 Å². The Morgan fingerprint density at radius 3 is 2.04 bits per heavy atom. The zero-order valence-electron chi connectivity index (χ0n) is 16.5. The summed E-state index contributed by atoms with van der Waals surface area (Å²) in [5.41, 5.74) is 3.58. The van der Waals surface area contributed by atoms with Gasteiger partial charge in [0.2, 0.25) is 11.8 Å². The first-order chi connectivity index (χ1) is 12.7. The molecular formula is C22H27ClN2O2. The Morgan fingerprint density at radius 2 is 1.56 bits per heavy atom. The number of amides is 2. The van der Waals surface area contributed by atoms with Crippen molar-refractivity contribution < 1.29 is 9.59 Å². The molecule has 0 aliphatic heterocycles. The van der Waals surface area contributed by atoms with Crippen molar-refractivity contribution in [2.45, 2.75) is 46.5 Å². The van der Waals surface area contributed by atoms with Gasteiger partial charge >= 0.3 is 0 Å². The number of anilines is 2. The van der Waals surface area contributed by atoms with Crippen LogP contribution in [-0.4, -0.2) is 18.4 Å². The normalized spacial score (nSPS) is 11.0. The number of carbonyl (C=O) groups is 2. The molecule has 2 aromatic carbocycles. The average molecular weight is 387 g/mol. The van der Waals surface area contributed by atoms with E-state index in [2.05, 4.69) is 33.0 Å². The highest BCUT2D eigenvalue weighted by Gasteiger charge is 2.24. The van der Waals surface area contributed by atoms with Gasteiger partial charge in [-0.1, -0.05) is 63.6 Å². The Kier molecular flexibility index (Phi) is 7.03. The minimum atomic E-state index is -0.263. The number of para-hydroxylation sites is 1. The minimum Gasteiger partial charge on any atom is -0.324 e. The monoisotopic (exact) mass is 386 g/mol. The number of benzene rings is 2. The third kappa shape index (κ3) is 5.33. The maximum atomic E-state index is 12.6. The summed E-state index contributed by atoms with van der Waals surface area (Å²) < 4.78 is 0. The maximum Gasteiger partial charge on any atom is 0.244 e. The van der Waals surface area contributed by atoms with Crippen LogP contribution in [-0.2, 0) is 9.59 Å². The van der Waals surface area contributed by atoms with Crippen LogP contribution in [0.4, 0.5) is 11.4 Å². The van der Waals surface area contributed by atoms with E-state index in [1.54, 1.807) is 29.2 Å². The van der Waals surface area contributed by atoms with E-state index in [-0.39, 0.29) is 30.2 Å². The lowest BCUT2D eigenvalue weighted by molar-refractivity contribution is -0.120. The van der Waals surface area contributed by atoms with Gasteiger partial charge < -0.3 is 10.2 Å². The van der Waals surface area contributed by atoms with Gasteiger partial charge in [0.25, 0.3) is 0 Å².